The van der Waals surface area contributed by atoms with Gasteiger partial charge in [0.25, 0.3) is 6.43 Å². The maximum Gasteiger partial charge on any atom is 0.271 e. The maximum atomic E-state index is 12.1. The predicted molar refractivity (Wildman–Crippen MR) is 43.5 cm³/mol. The van der Waals surface area contributed by atoms with E-state index in [1.165, 1.54) is 10.8 Å². The van der Waals surface area contributed by atoms with Crippen molar-refractivity contribution >= 4 is 0 Å². The van der Waals surface area contributed by atoms with E-state index < -0.39 is 12.5 Å². The highest BCUT2D eigenvalue weighted by Gasteiger charge is 2.23. The first kappa shape index (κ1) is 10.1. The molecule has 0 radical (unpaired) electrons. The smallest absolute Gasteiger partial charge is 0.271 e. The van der Waals surface area contributed by atoms with Gasteiger partial charge in [0.05, 0.1) is 0 Å². The van der Waals surface area contributed by atoms with E-state index in [1.54, 1.807) is 6.20 Å². The van der Waals surface area contributed by atoms with Crippen LogP contribution in [0, 0.1) is 0 Å². The summed E-state index contributed by atoms with van der Waals surface area (Å²) in [6.45, 7) is 2.53. The summed E-state index contributed by atoms with van der Waals surface area (Å²) in [5, 5.41) is 9.06. The van der Waals surface area contributed by atoms with Gasteiger partial charge >= 0.3 is 0 Å². The summed E-state index contributed by atoms with van der Waals surface area (Å²) in [6, 6.07) is 0. The fourth-order valence-electron chi connectivity index (χ4n) is 1.13. The molecule has 0 aliphatic rings. The molecule has 0 aliphatic carbocycles. The van der Waals surface area contributed by atoms with Crippen molar-refractivity contribution in [2.45, 2.75) is 32.4 Å². The molecule has 13 heavy (non-hydrogen) atoms. The Morgan fingerprint density at radius 3 is 2.85 bits per heavy atom. The number of hydrogen-bond donors (Lipinski definition) is 1. The average Bonchev–Trinajstić information content (AvgIpc) is 2.52. The number of hydrogen-bond acceptors (Lipinski definition) is 2. The number of aliphatic hydroxyl groups is 1. The van der Waals surface area contributed by atoms with Gasteiger partial charge in [-0.15, -0.1) is 0 Å². The zero-order valence-corrected chi connectivity index (χ0v) is 7.32. The summed E-state index contributed by atoms with van der Waals surface area (Å²) >= 11 is 0. The molecule has 74 valence electrons. The lowest BCUT2D eigenvalue weighted by atomic mass is 10.3. The fraction of sp³-hybridized carbons (Fsp3) is 0.625. The molecule has 5 heteroatoms. The van der Waals surface area contributed by atoms with E-state index in [4.69, 9.17) is 5.11 Å². The minimum atomic E-state index is -2.78. The van der Waals surface area contributed by atoms with E-state index in [2.05, 4.69) is 4.98 Å². The molecule has 1 unspecified atom stereocenters. The van der Waals surface area contributed by atoms with E-state index in [1.807, 2.05) is 6.92 Å². The molecule has 0 bridgehead atoms. The van der Waals surface area contributed by atoms with Gasteiger partial charge in [0, 0.05) is 18.9 Å². The largest absolute Gasteiger partial charge is 0.379 e. The van der Waals surface area contributed by atoms with Crippen LogP contribution in [-0.4, -0.2) is 21.1 Å². The van der Waals surface area contributed by atoms with Gasteiger partial charge in [-0.2, -0.15) is 0 Å². The van der Waals surface area contributed by atoms with E-state index >= 15 is 0 Å². The van der Waals surface area contributed by atoms with Crippen LogP contribution < -0.4 is 0 Å². The number of aromatic nitrogens is 2. The zero-order chi connectivity index (χ0) is 9.84. The Kier molecular flexibility index (Phi) is 3.36. The Morgan fingerprint density at radius 2 is 2.31 bits per heavy atom. The molecule has 1 heterocycles. The van der Waals surface area contributed by atoms with Crippen LogP contribution in [0.25, 0.3) is 0 Å². The molecule has 1 aromatic heterocycles. The van der Waals surface area contributed by atoms with Gasteiger partial charge < -0.3 is 9.67 Å². The van der Waals surface area contributed by atoms with Crippen LogP contribution in [0.15, 0.2) is 12.4 Å². The molecule has 1 atom stereocenters. The lowest BCUT2D eigenvalue weighted by molar-refractivity contribution is -0.0128. The van der Waals surface area contributed by atoms with Crippen molar-refractivity contribution < 1.29 is 13.9 Å². The average molecular weight is 190 g/mol. The van der Waals surface area contributed by atoms with E-state index in [-0.39, 0.29) is 5.82 Å². The summed E-state index contributed by atoms with van der Waals surface area (Å²) in [6.07, 6.45) is -0.736. The molecular weight excluding hydrogens is 178 g/mol. The molecule has 1 N–H and O–H groups in total. The van der Waals surface area contributed by atoms with Crippen molar-refractivity contribution in [1.29, 1.82) is 0 Å². The van der Waals surface area contributed by atoms with Crippen LogP contribution in [0.4, 0.5) is 8.78 Å². The van der Waals surface area contributed by atoms with Gasteiger partial charge in [0.1, 0.15) is 5.82 Å². The monoisotopic (exact) mass is 190 g/mol. The topological polar surface area (TPSA) is 38.0 Å². The van der Waals surface area contributed by atoms with Crippen molar-refractivity contribution in [2.24, 2.45) is 0 Å². The van der Waals surface area contributed by atoms with Gasteiger partial charge in [-0.1, -0.05) is 6.92 Å². The summed E-state index contributed by atoms with van der Waals surface area (Å²) in [4.78, 5) is 3.69. The highest BCUT2D eigenvalue weighted by molar-refractivity contribution is 4.97. The van der Waals surface area contributed by atoms with Gasteiger partial charge in [0.15, 0.2) is 6.10 Å². The van der Waals surface area contributed by atoms with E-state index in [0.29, 0.717) is 6.54 Å². The van der Waals surface area contributed by atoms with Crippen molar-refractivity contribution in [3.8, 4) is 0 Å². The quantitative estimate of drug-likeness (QED) is 0.782. The van der Waals surface area contributed by atoms with Crippen molar-refractivity contribution in [2.75, 3.05) is 0 Å². The molecule has 0 fully saturated rings. The van der Waals surface area contributed by atoms with Crippen LogP contribution in [0.3, 0.4) is 0 Å². The van der Waals surface area contributed by atoms with Crippen molar-refractivity contribution in [1.82, 2.24) is 9.55 Å². The second-order valence-electron chi connectivity index (χ2n) is 2.76. The van der Waals surface area contributed by atoms with Gasteiger partial charge in [-0.25, -0.2) is 13.8 Å². The van der Waals surface area contributed by atoms with Crippen LogP contribution in [0.2, 0.25) is 0 Å². The van der Waals surface area contributed by atoms with Gasteiger partial charge in [0.2, 0.25) is 0 Å². The first-order valence-electron chi connectivity index (χ1n) is 4.14. The Hall–Kier alpha value is -0.970. The van der Waals surface area contributed by atoms with Crippen molar-refractivity contribution in [3.63, 3.8) is 0 Å². The maximum absolute atomic E-state index is 12.1. The lowest BCUT2D eigenvalue weighted by Gasteiger charge is -2.11. The second kappa shape index (κ2) is 4.32. The van der Waals surface area contributed by atoms with E-state index in [9.17, 15) is 8.78 Å². The highest BCUT2D eigenvalue weighted by Crippen LogP contribution is 2.18. The lowest BCUT2D eigenvalue weighted by Crippen LogP contribution is -2.14. The minimum absolute atomic E-state index is 0.0388. The number of alkyl halides is 2. The molecule has 0 spiro atoms. The molecule has 0 aromatic carbocycles. The third-order valence-corrected chi connectivity index (χ3v) is 1.72. The van der Waals surface area contributed by atoms with E-state index in [0.717, 1.165) is 6.42 Å². The third kappa shape index (κ3) is 2.24. The van der Waals surface area contributed by atoms with Gasteiger partial charge in [-0.05, 0) is 6.42 Å². The number of imidazole rings is 1. The summed E-state index contributed by atoms with van der Waals surface area (Å²) in [5.41, 5.74) is 0. The highest BCUT2D eigenvalue weighted by atomic mass is 19.3. The zero-order valence-electron chi connectivity index (χ0n) is 7.32. The molecule has 0 saturated carbocycles. The fourth-order valence-corrected chi connectivity index (χ4v) is 1.13. The Balaban J connectivity index is 2.80. The summed E-state index contributed by atoms with van der Waals surface area (Å²) in [7, 11) is 0. The standard InChI is InChI=1S/C8H12F2N2O/c1-2-4-12-5-3-11-8(12)6(13)7(9)10/h3,5-7,13H,2,4H2,1H3. The number of aliphatic hydroxyl groups excluding tert-OH is 1. The molecule has 0 saturated heterocycles. The Labute approximate surface area is 75.0 Å². The second-order valence-corrected chi connectivity index (χ2v) is 2.76. The normalized spacial score (nSPS) is 13.6. The Bertz CT molecular complexity index is 262. The number of aryl methyl sites for hydroxylation is 1. The molecule has 0 amide bonds. The van der Waals surface area contributed by atoms with Gasteiger partial charge in [-0.3, -0.25) is 0 Å². The molecule has 1 rings (SSSR count). The first-order valence-corrected chi connectivity index (χ1v) is 4.14. The van der Waals surface area contributed by atoms with Crippen molar-refractivity contribution in [3.05, 3.63) is 18.2 Å². The predicted octanol–water partition coefficient (Wildman–Crippen LogP) is 1.59. The van der Waals surface area contributed by atoms with Crippen LogP contribution in [-0.2, 0) is 6.54 Å². The molecular formula is C8H12F2N2O. The molecule has 3 nitrogen and oxygen atoms in total. The molecule has 0 aliphatic heterocycles. The first-order chi connectivity index (χ1) is 6.16. The SMILES string of the molecule is CCCn1ccnc1C(O)C(F)F. The van der Waals surface area contributed by atoms with Crippen LogP contribution in [0.5, 0.6) is 0 Å². The third-order valence-electron chi connectivity index (χ3n) is 1.72. The minimum Gasteiger partial charge on any atom is -0.379 e. The summed E-state index contributed by atoms with van der Waals surface area (Å²) < 4.78 is 25.8. The summed E-state index contributed by atoms with van der Waals surface area (Å²) in [5.74, 6) is 0.0388. The van der Waals surface area contributed by atoms with Crippen LogP contribution in [0.1, 0.15) is 25.3 Å². The number of rotatable bonds is 4. The Morgan fingerprint density at radius 1 is 1.62 bits per heavy atom. The van der Waals surface area contributed by atoms with Crippen LogP contribution >= 0.6 is 0 Å². The molecule has 1 aromatic rings. The number of halogens is 2. The number of nitrogens with zero attached hydrogens (tertiary/aromatic N) is 2.